The number of hydrogen-bond acceptors (Lipinski definition) is 6. The summed E-state index contributed by atoms with van der Waals surface area (Å²) < 4.78 is 7.18. The van der Waals surface area contributed by atoms with Gasteiger partial charge in [-0.25, -0.2) is 0 Å². The van der Waals surface area contributed by atoms with E-state index in [-0.39, 0.29) is 18.4 Å². The van der Waals surface area contributed by atoms with Crippen molar-refractivity contribution in [2.75, 3.05) is 6.54 Å². The molecule has 0 atom stereocenters. The van der Waals surface area contributed by atoms with Crippen molar-refractivity contribution in [3.63, 3.8) is 0 Å². The number of carbonyl (C=O) groups is 1. The normalized spacial score (nSPS) is 14.2. The molecule has 1 aliphatic rings. The van der Waals surface area contributed by atoms with Crippen LogP contribution >= 0.6 is 0 Å². The summed E-state index contributed by atoms with van der Waals surface area (Å²) in [4.78, 5) is 14.1. The lowest BCUT2D eigenvalue weighted by molar-refractivity contribution is 0.0689. The van der Waals surface area contributed by atoms with E-state index in [4.69, 9.17) is 4.42 Å². The minimum atomic E-state index is -0.270. The predicted molar refractivity (Wildman–Crippen MR) is 75.9 cm³/mol. The number of aromatic nitrogens is 4. The minimum Gasteiger partial charge on any atom is -0.417 e. The van der Waals surface area contributed by atoms with Gasteiger partial charge in [-0.1, -0.05) is 6.92 Å². The molecule has 0 saturated heterocycles. The topological polar surface area (TPSA) is 97.3 Å². The summed E-state index contributed by atoms with van der Waals surface area (Å²) in [5.74, 6) is 0.246. The van der Waals surface area contributed by atoms with E-state index < -0.39 is 0 Å². The summed E-state index contributed by atoms with van der Waals surface area (Å²) >= 11 is 0. The molecule has 2 aromatic rings. The fourth-order valence-electron chi connectivity index (χ4n) is 2.76. The van der Waals surface area contributed by atoms with Crippen LogP contribution in [0.5, 0.6) is 0 Å². The SMILES string of the molecule is CCCc1nnc(C(=O)N2CCc3c(c(CO)nn3C)C2)o1. The second-order valence-electron chi connectivity index (χ2n) is 5.38. The number of hydrogen-bond donors (Lipinski definition) is 1. The lowest BCUT2D eigenvalue weighted by Gasteiger charge is -2.26. The van der Waals surface area contributed by atoms with E-state index in [1.165, 1.54) is 0 Å². The number of fused-ring (bicyclic) bond motifs is 1. The predicted octanol–water partition coefficient (Wildman–Crippen LogP) is 0.446. The third-order valence-electron chi connectivity index (χ3n) is 3.88. The molecule has 3 rings (SSSR count). The number of carbonyl (C=O) groups excluding carboxylic acids is 1. The molecular formula is C14H19N5O3. The van der Waals surface area contributed by atoms with Gasteiger partial charge in [-0.2, -0.15) is 5.10 Å². The van der Waals surface area contributed by atoms with E-state index in [1.54, 1.807) is 9.58 Å². The highest BCUT2D eigenvalue weighted by Gasteiger charge is 2.29. The van der Waals surface area contributed by atoms with Crippen LogP contribution < -0.4 is 0 Å². The first-order chi connectivity index (χ1) is 10.6. The fraction of sp³-hybridized carbons (Fsp3) is 0.571. The van der Waals surface area contributed by atoms with Gasteiger partial charge in [0.1, 0.15) is 0 Å². The zero-order valence-corrected chi connectivity index (χ0v) is 12.7. The van der Waals surface area contributed by atoms with Gasteiger partial charge < -0.3 is 14.4 Å². The van der Waals surface area contributed by atoms with Gasteiger partial charge in [0, 0.05) is 44.2 Å². The van der Waals surface area contributed by atoms with Crippen LogP contribution in [0.1, 0.15) is 46.9 Å². The van der Waals surface area contributed by atoms with Gasteiger partial charge in [-0.15, -0.1) is 10.2 Å². The standard InChI is InChI=1S/C14H19N5O3/c1-3-4-12-15-16-13(22-12)14(21)19-6-5-11-9(7-19)10(8-20)17-18(11)2/h20H,3-8H2,1-2H3. The molecule has 1 amide bonds. The lowest BCUT2D eigenvalue weighted by atomic mass is 10.1. The molecule has 2 aromatic heterocycles. The third-order valence-corrected chi connectivity index (χ3v) is 3.88. The smallest absolute Gasteiger partial charge is 0.311 e. The molecule has 118 valence electrons. The zero-order valence-electron chi connectivity index (χ0n) is 12.7. The molecule has 0 bridgehead atoms. The Hall–Kier alpha value is -2.22. The van der Waals surface area contributed by atoms with E-state index in [0.29, 0.717) is 37.5 Å². The first-order valence-electron chi connectivity index (χ1n) is 7.40. The molecule has 1 N–H and O–H groups in total. The van der Waals surface area contributed by atoms with Crippen LogP contribution in [-0.4, -0.2) is 42.4 Å². The van der Waals surface area contributed by atoms with Crippen LogP contribution in [0.25, 0.3) is 0 Å². The van der Waals surface area contributed by atoms with Crippen molar-refractivity contribution in [2.45, 2.75) is 39.3 Å². The second kappa shape index (κ2) is 5.88. The molecule has 0 saturated carbocycles. The average Bonchev–Trinajstić information content (AvgIpc) is 3.11. The van der Waals surface area contributed by atoms with Crippen molar-refractivity contribution in [2.24, 2.45) is 7.05 Å². The minimum absolute atomic E-state index is 0.0290. The number of nitrogens with zero attached hydrogens (tertiary/aromatic N) is 5. The summed E-state index contributed by atoms with van der Waals surface area (Å²) in [7, 11) is 1.85. The van der Waals surface area contributed by atoms with Crippen LogP contribution in [0.4, 0.5) is 0 Å². The number of amides is 1. The fourth-order valence-corrected chi connectivity index (χ4v) is 2.76. The van der Waals surface area contributed by atoms with E-state index in [2.05, 4.69) is 15.3 Å². The molecule has 8 nitrogen and oxygen atoms in total. The Balaban J connectivity index is 1.79. The summed E-state index contributed by atoms with van der Waals surface area (Å²) in [6.07, 6.45) is 2.25. The van der Waals surface area contributed by atoms with Crippen molar-refractivity contribution in [3.8, 4) is 0 Å². The molecule has 8 heteroatoms. The number of aliphatic hydroxyl groups excluding tert-OH is 1. The third kappa shape index (κ3) is 2.50. The van der Waals surface area contributed by atoms with Crippen molar-refractivity contribution in [1.29, 1.82) is 0 Å². The Kier molecular flexibility index (Phi) is 3.93. The average molecular weight is 305 g/mol. The van der Waals surface area contributed by atoms with E-state index in [0.717, 1.165) is 17.7 Å². The highest BCUT2D eigenvalue weighted by atomic mass is 16.4. The lowest BCUT2D eigenvalue weighted by Crippen LogP contribution is -2.36. The molecule has 0 aliphatic carbocycles. The summed E-state index contributed by atoms with van der Waals surface area (Å²) in [6.45, 7) is 2.86. The number of aliphatic hydroxyl groups is 1. The first kappa shape index (κ1) is 14.7. The monoisotopic (exact) mass is 305 g/mol. The van der Waals surface area contributed by atoms with Gasteiger partial charge in [-0.3, -0.25) is 9.48 Å². The summed E-state index contributed by atoms with van der Waals surface area (Å²) in [5, 5.41) is 21.4. The maximum Gasteiger partial charge on any atom is 0.311 e. The molecule has 22 heavy (non-hydrogen) atoms. The highest BCUT2D eigenvalue weighted by Crippen LogP contribution is 2.23. The number of rotatable bonds is 4. The first-order valence-corrected chi connectivity index (χ1v) is 7.40. The van der Waals surface area contributed by atoms with E-state index >= 15 is 0 Å². The molecule has 0 spiro atoms. The molecule has 0 aromatic carbocycles. The Morgan fingerprint density at radius 2 is 2.23 bits per heavy atom. The molecule has 0 unspecified atom stereocenters. The maximum absolute atomic E-state index is 12.5. The zero-order chi connectivity index (χ0) is 15.7. The van der Waals surface area contributed by atoms with Crippen molar-refractivity contribution in [1.82, 2.24) is 24.9 Å². The number of aryl methyl sites for hydroxylation is 2. The Morgan fingerprint density at radius 3 is 2.95 bits per heavy atom. The van der Waals surface area contributed by atoms with Crippen LogP contribution in [-0.2, 0) is 33.0 Å². The molecule has 3 heterocycles. The molecule has 0 radical (unpaired) electrons. The molecular weight excluding hydrogens is 286 g/mol. The van der Waals surface area contributed by atoms with E-state index in [9.17, 15) is 9.90 Å². The summed E-state index contributed by atoms with van der Waals surface area (Å²) in [5.41, 5.74) is 2.59. The maximum atomic E-state index is 12.5. The van der Waals surface area contributed by atoms with Crippen LogP contribution in [0.3, 0.4) is 0 Å². The van der Waals surface area contributed by atoms with Crippen molar-refractivity contribution >= 4 is 5.91 Å². The van der Waals surface area contributed by atoms with Gasteiger partial charge >= 0.3 is 11.8 Å². The Morgan fingerprint density at radius 1 is 1.41 bits per heavy atom. The van der Waals surface area contributed by atoms with Gasteiger partial charge in [0.25, 0.3) is 0 Å². The molecule has 0 fully saturated rings. The van der Waals surface area contributed by atoms with E-state index in [1.807, 2.05) is 14.0 Å². The van der Waals surface area contributed by atoms with Gasteiger partial charge in [0.05, 0.1) is 12.3 Å². The quantitative estimate of drug-likeness (QED) is 0.880. The Labute approximate surface area is 127 Å². The van der Waals surface area contributed by atoms with Gasteiger partial charge in [-0.05, 0) is 6.42 Å². The van der Waals surface area contributed by atoms with Crippen LogP contribution in [0.2, 0.25) is 0 Å². The highest BCUT2D eigenvalue weighted by molar-refractivity contribution is 5.89. The largest absolute Gasteiger partial charge is 0.417 e. The second-order valence-corrected chi connectivity index (χ2v) is 5.38. The Bertz CT molecular complexity index is 691. The van der Waals surface area contributed by atoms with Crippen molar-refractivity contribution in [3.05, 3.63) is 28.7 Å². The van der Waals surface area contributed by atoms with Gasteiger partial charge in [0.2, 0.25) is 5.89 Å². The summed E-state index contributed by atoms with van der Waals surface area (Å²) in [6, 6.07) is 0. The van der Waals surface area contributed by atoms with Crippen LogP contribution in [0.15, 0.2) is 4.42 Å². The molecule has 1 aliphatic heterocycles. The van der Waals surface area contributed by atoms with Crippen molar-refractivity contribution < 1.29 is 14.3 Å². The van der Waals surface area contributed by atoms with Gasteiger partial charge in [0.15, 0.2) is 0 Å². The van der Waals surface area contributed by atoms with Crippen LogP contribution in [0, 0.1) is 0 Å².